The number of nitrogens with zero attached hydrogens (tertiary/aromatic N) is 4. The second kappa shape index (κ2) is 9.78. The maximum atomic E-state index is 13.0. The van der Waals surface area contributed by atoms with E-state index in [2.05, 4.69) is 15.1 Å². The number of thiophene rings is 1. The minimum Gasteiger partial charge on any atom is -0.421 e. The molecule has 0 unspecified atom stereocenters. The highest BCUT2D eigenvalue weighted by Gasteiger charge is 2.19. The molecule has 1 amide bonds. The van der Waals surface area contributed by atoms with Gasteiger partial charge >= 0.3 is 0 Å². The van der Waals surface area contributed by atoms with Crippen molar-refractivity contribution in [2.75, 3.05) is 44.3 Å². The first-order chi connectivity index (χ1) is 14.3. The van der Waals surface area contributed by atoms with Crippen LogP contribution in [0.1, 0.15) is 12.3 Å². The van der Waals surface area contributed by atoms with E-state index in [9.17, 15) is 4.79 Å². The van der Waals surface area contributed by atoms with Crippen LogP contribution < -0.4 is 4.90 Å². The number of amides is 1. The lowest BCUT2D eigenvalue weighted by Gasteiger charge is -2.30. The third kappa shape index (κ3) is 5.29. The van der Waals surface area contributed by atoms with E-state index >= 15 is 0 Å². The van der Waals surface area contributed by atoms with Crippen molar-refractivity contribution in [2.45, 2.75) is 12.8 Å². The van der Waals surface area contributed by atoms with Gasteiger partial charge in [-0.1, -0.05) is 18.2 Å². The van der Waals surface area contributed by atoms with Crippen molar-refractivity contribution in [3.05, 3.63) is 53.0 Å². The molecule has 29 heavy (non-hydrogen) atoms. The first kappa shape index (κ1) is 19.8. The molecule has 1 aliphatic rings. The van der Waals surface area contributed by atoms with Crippen LogP contribution in [0.25, 0.3) is 11.5 Å². The Morgan fingerprint density at radius 3 is 2.72 bits per heavy atom. The quantitative estimate of drug-likeness (QED) is 0.566. The Hall–Kier alpha value is -2.55. The largest absolute Gasteiger partial charge is 0.421 e. The summed E-state index contributed by atoms with van der Waals surface area (Å²) in [4.78, 5) is 17.2. The third-order valence-electron chi connectivity index (χ3n) is 4.90. The summed E-state index contributed by atoms with van der Waals surface area (Å²) in [6.07, 6.45) is 0.750. The van der Waals surface area contributed by atoms with E-state index in [1.54, 1.807) is 11.3 Å². The van der Waals surface area contributed by atoms with Gasteiger partial charge in [0.15, 0.2) is 0 Å². The number of hydrogen-bond donors (Lipinski definition) is 0. The summed E-state index contributed by atoms with van der Waals surface area (Å²) >= 11 is 1.58. The van der Waals surface area contributed by atoms with E-state index in [0.717, 1.165) is 44.1 Å². The number of carbonyl (C=O) groups is 1. The Bertz CT molecular complexity index is 892. The Balaban J connectivity index is 1.38. The number of anilines is 1. The number of rotatable bonds is 8. The highest BCUT2D eigenvalue weighted by atomic mass is 32.1. The lowest BCUT2D eigenvalue weighted by molar-refractivity contribution is -0.118. The van der Waals surface area contributed by atoms with Crippen LogP contribution in [0.5, 0.6) is 0 Å². The smallest absolute Gasteiger partial charge is 0.248 e. The van der Waals surface area contributed by atoms with Gasteiger partial charge in [-0.2, -0.15) is 11.3 Å². The molecule has 3 heterocycles. The van der Waals surface area contributed by atoms with Gasteiger partial charge < -0.3 is 14.1 Å². The van der Waals surface area contributed by atoms with Crippen molar-refractivity contribution >= 4 is 22.9 Å². The normalized spacial score (nSPS) is 14.8. The summed E-state index contributed by atoms with van der Waals surface area (Å²) in [6.45, 7) is 4.79. The van der Waals surface area contributed by atoms with Crippen LogP contribution in [0.3, 0.4) is 0 Å². The van der Waals surface area contributed by atoms with Gasteiger partial charge in [-0.25, -0.2) is 0 Å². The van der Waals surface area contributed by atoms with Gasteiger partial charge in [0.25, 0.3) is 0 Å². The zero-order valence-electron chi connectivity index (χ0n) is 16.2. The van der Waals surface area contributed by atoms with E-state index in [4.69, 9.17) is 9.15 Å². The highest BCUT2D eigenvalue weighted by Crippen LogP contribution is 2.21. The van der Waals surface area contributed by atoms with Crippen molar-refractivity contribution in [3.8, 4) is 11.5 Å². The Kier molecular flexibility index (Phi) is 6.66. The number of morpholine rings is 1. The summed E-state index contributed by atoms with van der Waals surface area (Å²) in [7, 11) is 0. The molecule has 1 saturated heterocycles. The molecule has 0 spiro atoms. The molecular formula is C21H24N4O3S. The standard InChI is InChI=1S/C21H24N4O3S/c26-20(7-6-19-22-23-21(28-19)17-8-15-29-16-17)25(18-4-2-1-3-5-18)10-9-24-11-13-27-14-12-24/h1-5,8,15-16H,6-7,9-14H2. The third-order valence-corrected chi connectivity index (χ3v) is 5.58. The van der Waals surface area contributed by atoms with Gasteiger partial charge in [0.2, 0.25) is 17.7 Å². The van der Waals surface area contributed by atoms with E-state index in [1.165, 1.54) is 0 Å². The molecule has 4 rings (SSSR count). The van der Waals surface area contributed by atoms with Gasteiger partial charge in [-0.15, -0.1) is 10.2 Å². The van der Waals surface area contributed by atoms with Crippen molar-refractivity contribution in [1.82, 2.24) is 15.1 Å². The summed E-state index contributed by atoms with van der Waals surface area (Å²) in [5.41, 5.74) is 1.83. The lowest BCUT2D eigenvalue weighted by atomic mass is 10.2. The fourth-order valence-electron chi connectivity index (χ4n) is 3.28. The topological polar surface area (TPSA) is 71.7 Å². The van der Waals surface area contributed by atoms with Gasteiger partial charge in [-0.05, 0) is 23.6 Å². The van der Waals surface area contributed by atoms with Crippen LogP contribution in [0.4, 0.5) is 5.69 Å². The van der Waals surface area contributed by atoms with E-state index < -0.39 is 0 Å². The number of ether oxygens (including phenoxy) is 1. The minimum atomic E-state index is 0.0553. The fraction of sp³-hybridized carbons (Fsp3) is 0.381. The SMILES string of the molecule is O=C(CCc1nnc(-c2ccsc2)o1)N(CCN1CCOCC1)c1ccccc1. The molecule has 1 aromatic carbocycles. The first-order valence-corrected chi connectivity index (χ1v) is 10.7. The molecule has 2 aromatic heterocycles. The number of aryl methyl sites for hydroxylation is 1. The van der Waals surface area contributed by atoms with Crippen LogP contribution in [-0.2, 0) is 16.0 Å². The molecule has 0 radical (unpaired) electrons. The summed E-state index contributed by atoms with van der Waals surface area (Å²) in [5, 5.41) is 12.1. The number of hydrogen-bond acceptors (Lipinski definition) is 7. The second-order valence-corrected chi connectivity index (χ2v) is 7.63. The molecule has 1 aliphatic heterocycles. The maximum absolute atomic E-state index is 13.0. The Morgan fingerprint density at radius 2 is 1.97 bits per heavy atom. The predicted molar refractivity (Wildman–Crippen MR) is 112 cm³/mol. The molecule has 0 N–H and O–H groups in total. The second-order valence-electron chi connectivity index (χ2n) is 6.85. The van der Waals surface area contributed by atoms with Gasteiger partial charge in [0.1, 0.15) is 0 Å². The molecule has 8 heteroatoms. The van der Waals surface area contributed by atoms with E-state index in [1.807, 2.05) is 52.1 Å². The van der Waals surface area contributed by atoms with Crippen LogP contribution in [-0.4, -0.2) is 60.4 Å². The maximum Gasteiger partial charge on any atom is 0.248 e. The van der Waals surface area contributed by atoms with Crippen molar-refractivity contribution in [2.24, 2.45) is 0 Å². The molecule has 1 fully saturated rings. The van der Waals surface area contributed by atoms with Crippen LogP contribution >= 0.6 is 11.3 Å². The summed E-state index contributed by atoms with van der Waals surface area (Å²) in [6, 6.07) is 11.7. The van der Waals surface area contributed by atoms with Crippen LogP contribution in [0, 0.1) is 0 Å². The average Bonchev–Trinajstić information content (AvgIpc) is 3.46. The molecule has 0 aliphatic carbocycles. The first-order valence-electron chi connectivity index (χ1n) is 9.80. The summed E-state index contributed by atoms with van der Waals surface area (Å²) in [5.74, 6) is 1.04. The van der Waals surface area contributed by atoms with Gasteiger partial charge in [-0.3, -0.25) is 9.69 Å². The van der Waals surface area contributed by atoms with Gasteiger partial charge in [0, 0.05) is 55.7 Å². The number of para-hydroxylation sites is 1. The predicted octanol–water partition coefficient (Wildman–Crippen LogP) is 3.10. The van der Waals surface area contributed by atoms with Crippen LogP contribution in [0.2, 0.25) is 0 Å². The molecule has 0 saturated carbocycles. The zero-order chi connectivity index (χ0) is 19.9. The molecule has 0 bridgehead atoms. The molecule has 3 aromatic rings. The van der Waals surface area contributed by atoms with Crippen molar-refractivity contribution < 1.29 is 13.9 Å². The number of aromatic nitrogens is 2. The monoisotopic (exact) mass is 412 g/mol. The summed E-state index contributed by atoms with van der Waals surface area (Å²) < 4.78 is 11.1. The van der Waals surface area contributed by atoms with Gasteiger partial charge in [0.05, 0.1) is 13.2 Å². The number of carbonyl (C=O) groups excluding carboxylic acids is 1. The van der Waals surface area contributed by atoms with Crippen molar-refractivity contribution in [1.29, 1.82) is 0 Å². The van der Waals surface area contributed by atoms with Crippen LogP contribution in [0.15, 0.2) is 51.6 Å². The molecular weight excluding hydrogens is 388 g/mol. The Labute approximate surface area is 173 Å². The van der Waals surface area contributed by atoms with Crippen molar-refractivity contribution in [3.63, 3.8) is 0 Å². The lowest BCUT2D eigenvalue weighted by Crippen LogP contribution is -2.43. The van der Waals surface area contributed by atoms with E-state index in [0.29, 0.717) is 31.2 Å². The number of benzene rings is 1. The molecule has 7 nitrogen and oxygen atoms in total. The average molecular weight is 413 g/mol. The molecule has 0 atom stereocenters. The minimum absolute atomic E-state index is 0.0553. The highest BCUT2D eigenvalue weighted by molar-refractivity contribution is 7.08. The zero-order valence-corrected chi connectivity index (χ0v) is 17.0. The molecule has 152 valence electrons. The van der Waals surface area contributed by atoms with E-state index in [-0.39, 0.29) is 5.91 Å². The Morgan fingerprint density at radius 1 is 1.14 bits per heavy atom. The fourth-order valence-corrected chi connectivity index (χ4v) is 3.91.